The Hall–Kier alpha value is -0.710. The second-order valence-corrected chi connectivity index (χ2v) is 7.73. The molecule has 0 amide bonds. The number of ketones is 1. The number of likely N-dealkylation sites (tertiary alicyclic amines) is 2. The van der Waals surface area contributed by atoms with Crippen LogP contribution in [0.2, 0.25) is 0 Å². The molecule has 4 heteroatoms. The quantitative estimate of drug-likeness (QED) is 0.798. The molecule has 0 radical (unpaired) electrons. The van der Waals surface area contributed by atoms with E-state index in [2.05, 4.69) is 16.7 Å². The first-order chi connectivity index (χ1) is 10.2. The maximum absolute atomic E-state index is 12.3. The minimum atomic E-state index is 0.296. The zero-order valence-electron chi connectivity index (χ0n) is 13.0. The van der Waals surface area contributed by atoms with Crippen LogP contribution in [0.15, 0.2) is 12.1 Å². The molecule has 1 aromatic heterocycles. The third-order valence-electron chi connectivity index (χ3n) is 4.85. The fraction of sp³-hybridized carbons (Fsp3) is 0.706. The van der Waals surface area contributed by atoms with Gasteiger partial charge in [-0.15, -0.1) is 11.3 Å². The fourth-order valence-corrected chi connectivity index (χ4v) is 4.39. The predicted molar refractivity (Wildman–Crippen MR) is 88.3 cm³/mol. The van der Waals surface area contributed by atoms with Crippen molar-refractivity contribution in [2.75, 3.05) is 32.7 Å². The van der Waals surface area contributed by atoms with Crippen LogP contribution in [0.5, 0.6) is 0 Å². The lowest BCUT2D eigenvalue weighted by Gasteiger charge is -2.40. The van der Waals surface area contributed by atoms with Crippen molar-refractivity contribution in [3.05, 3.63) is 21.9 Å². The third kappa shape index (κ3) is 3.93. The Labute approximate surface area is 131 Å². The zero-order chi connectivity index (χ0) is 14.7. The van der Waals surface area contributed by atoms with E-state index < -0.39 is 0 Å². The Morgan fingerprint density at radius 3 is 2.48 bits per heavy atom. The lowest BCUT2D eigenvalue weighted by atomic mass is 10.00. The number of rotatable bonds is 4. The Morgan fingerprint density at radius 1 is 1.14 bits per heavy atom. The van der Waals surface area contributed by atoms with E-state index in [1.54, 1.807) is 11.3 Å². The summed E-state index contributed by atoms with van der Waals surface area (Å²) in [6.07, 6.45) is 6.62. The molecule has 2 saturated heterocycles. The normalized spacial score (nSPS) is 22.5. The van der Waals surface area contributed by atoms with Crippen LogP contribution in [0.25, 0.3) is 0 Å². The van der Waals surface area contributed by atoms with E-state index in [9.17, 15) is 4.79 Å². The molecule has 0 atom stereocenters. The first kappa shape index (κ1) is 15.2. The third-order valence-corrected chi connectivity index (χ3v) is 5.89. The number of carbonyl (C=O) groups is 1. The molecule has 0 N–H and O–H groups in total. The van der Waals surface area contributed by atoms with Crippen molar-refractivity contribution in [2.24, 2.45) is 0 Å². The van der Waals surface area contributed by atoms with Crippen molar-refractivity contribution in [3.63, 3.8) is 0 Å². The molecule has 0 unspecified atom stereocenters. The van der Waals surface area contributed by atoms with Crippen molar-refractivity contribution in [1.82, 2.24) is 9.80 Å². The maximum Gasteiger partial charge on any atom is 0.186 e. The van der Waals surface area contributed by atoms with Crippen LogP contribution < -0.4 is 0 Å². The monoisotopic (exact) mass is 306 g/mol. The molecular weight excluding hydrogens is 280 g/mol. The molecular formula is C17H26N2OS. The predicted octanol–water partition coefficient (Wildman–Crippen LogP) is 3.19. The van der Waals surface area contributed by atoms with Crippen LogP contribution in [0, 0.1) is 6.92 Å². The fourth-order valence-electron chi connectivity index (χ4n) is 3.59. The van der Waals surface area contributed by atoms with Gasteiger partial charge in [0.1, 0.15) is 0 Å². The number of nitrogens with zero attached hydrogens (tertiary/aromatic N) is 2. The number of aryl methyl sites for hydroxylation is 1. The molecule has 0 aromatic carbocycles. The van der Waals surface area contributed by atoms with Crippen LogP contribution in [0.1, 0.15) is 46.7 Å². The summed E-state index contributed by atoms with van der Waals surface area (Å²) in [6.45, 7) is 7.41. The van der Waals surface area contributed by atoms with Crippen molar-refractivity contribution < 1.29 is 4.79 Å². The molecule has 3 rings (SSSR count). The van der Waals surface area contributed by atoms with E-state index >= 15 is 0 Å². The smallest absolute Gasteiger partial charge is 0.186 e. The summed E-state index contributed by atoms with van der Waals surface area (Å²) < 4.78 is 0. The summed E-state index contributed by atoms with van der Waals surface area (Å²) in [6, 6.07) is 4.78. The van der Waals surface area contributed by atoms with E-state index in [-0.39, 0.29) is 0 Å². The topological polar surface area (TPSA) is 23.6 Å². The first-order valence-corrected chi connectivity index (χ1v) is 9.10. The minimum Gasteiger partial charge on any atom is -0.300 e. The molecule has 116 valence electrons. The van der Waals surface area contributed by atoms with Gasteiger partial charge in [-0.3, -0.25) is 9.69 Å². The maximum atomic E-state index is 12.3. The summed E-state index contributed by atoms with van der Waals surface area (Å²) in [7, 11) is 0. The molecule has 21 heavy (non-hydrogen) atoms. The zero-order valence-corrected chi connectivity index (χ0v) is 13.8. The van der Waals surface area contributed by atoms with Gasteiger partial charge in [-0.05, 0) is 57.8 Å². The summed E-state index contributed by atoms with van der Waals surface area (Å²) in [4.78, 5) is 19.4. The van der Waals surface area contributed by atoms with Crippen LogP contribution in [-0.2, 0) is 0 Å². The van der Waals surface area contributed by atoms with Gasteiger partial charge in [-0.25, -0.2) is 0 Å². The molecule has 2 aliphatic rings. The van der Waals surface area contributed by atoms with Crippen LogP contribution in [0.4, 0.5) is 0 Å². The SMILES string of the molecule is Cc1ccc(C(=O)CN2CCC(N3CCCCC3)CC2)s1. The molecule has 0 spiro atoms. The van der Waals surface area contributed by atoms with Gasteiger partial charge in [0.25, 0.3) is 0 Å². The second-order valence-electron chi connectivity index (χ2n) is 6.44. The molecule has 2 fully saturated rings. The molecule has 3 nitrogen and oxygen atoms in total. The molecule has 0 saturated carbocycles. The van der Waals surface area contributed by atoms with Gasteiger partial charge < -0.3 is 4.90 Å². The van der Waals surface area contributed by atoms with Crippen LogP contribution in [0.3, 0.4) is 0 Å². The Balaban J connectivity index is 1.46. The summed E-state index contributed by atoms with van der Waals surface area (Å²) >= 11 is 1.62. The van der Waals surface area contributed by atoms with Gasteiger partial charge in [-0.2, -0.15) is 0 Å². The van der Waals surface area contributed by atoms with Crippen molar-refractivity contribution in [1.29, 1.82) is 0 Å². The minimum absolute atomic E-state index is 0.296. The van der Waals surface area contributed by atoms with E-state index in [0.29, 0.717) is 12.3 Å². The van der Waals surface area contributed by atoms with Gasteiger partial charge >= 0.3 is 0 Å². The summed E-state index contributed by atoms with van der Waals surface area (Å²) in [5.41, 5.74) is 0. The van der Waals surface area contributed by atoms with E-state index in [4.69, 9.17) is 0 Å². The number of hydrogen-bond donors (Lipinski definition) is 0. The van der Waals surface area contributed by atoms with Crippen LogP contribution in [-0.4, -0.2) is 54.3 Å². The second kappa shape index (κ2) is 7.03. The van der Waals surface area contributed by atoms with E-state index in [1.165, 1.54) is 50.1 Å². The molecule has 3 heterocycles. The highest BCUT2D eigenvalue weighted by atomic mass is 32.1. The Kier molecular flexibility index (Phi) is 5.09. The van der Waals surface area contributed by atoms with Gasteiger partial charge in [0, 0.05) is 24.0 Å². The molecule has 2 aliphatic heterocycles. The number of thiophene rings is 1. The van der Waals surface area contributed by atoms with Gasteiger partial charge in [0.15, 0.2) is 5.78 Å². The number of Topliss-reactive ketones (excluding diaryl/α,β-unsaturated/α-hetero) is 1. The van der Waals surface area contributed by atoms with Crippen molar-refractivity contribution in [2.45, 2.75) is 45.1 Å². The Morgan fingerprint density at radius 2 is 1.86 bits per heavy atom. The molecule has 0 bridgehead atoms. The Bertz CT molecular complexity index is 471. The average molecular weight is 306 g/mol. The van der Waals surface area contributed by atoms with Gasteiger partial charge in [-0.1, -0.05) is 6.42 Å². The summed E-state index contributed by atoms with van der Waals surface area (Å²) in [5, 5.41) is 0. The number of piperidine rings is 2. The summed E-state index contributed by atoms with van der Waals surface area (Å²) in [5.74, 6) is 0.296. The van der Waals surface area contributed by atoms with Gasteiger partial charge in [0.05, 0.1) is 11.4 Å². The molecule has 1 aromatic rings. The first-order valence-electron chi connectivity index (χ1n) is 8.28. The van der Waals surface area contributed by atoms with Crippen molar-refractivity contribution in [3.8, 4) is 0 Å². The number of hydrogen-bond acceptors (Lipinski definition) is 4. The van der Waals surface area contributed by atoms with Gasteiger partial charge in [0.2, 0.25) is 0 Å². The lowest BCUT2D eigenvalue weighted by Crippen LogP contribution is -2.47. The highest BCUT2D eigenvalue weighted by Gasteiger charge is 2.26. The largest absolute Gasteiger partial charge is 0.300 e. The standard InChI is InChI=1S/C17H26N2OS/c1-14-5-6-17(21-14)16(20)13-18-11-7-15(8-12-18)19-9-3-2-4-10-19/h5-6,15H,2-4,7-13H2,1H3. The van der Waals surface area contributed by atoms with E-state index in [1.807, 2.05) is 12.1 Å². The van der Waals surface area contributed by atoms with E-state index in [0.717, 1.165) is 24.0 Å². The average Bonchev–Trinajstić information content (AvgIpc) is 2.96. The van der Waals surface area contributed by atoms with Crippen molar-refractivity contribution >= 4 is 17.1 Å². The highest BCUT2D eigenvalue weighted by Crippen LogP contribution is 2.22. The molecule has 0 aliphatic carbocycles. The number of carbonyl (C=O) groups excluding carboxylic acids is 1. The van der Waals surface area contributed by atoms with Crippen LogP contribution >= 0.6 is 11.3 Å². The lowest BCUT2D eigenvalue weighted by molar-refractivity contribution is 0.0777. The highest BCUT2D eigenvalue weighted by molar-refractivity contribution is 7.14.